The summed E-state index contributed by atoms with van der Waals surface area (Å²) in [6.07, 6.45) is 4.62. The summed E-state index contributed by atoms with van der Waals surface area (Å²) in [7, 11) is 6.17. The highest BCUT2D eigenvalue weighted by Gasteiger charge is 2.16. The highest BCUT2D eigenvalue weighted by Crippen LogP contribution is 2.40. The molecule has 0 saturated carbocycles. The Hall–Kier alpha value is -3.03. The number of hydrogen-bond donors (Lipinski definition) is 0. The minimum absolute atomic E-state index is 0.0797. The van der Waals surface area contributed by atoms with Gasteiger partial charge in [0.05, 0.1) is 28.4 Å². The monoisotopic (exact) mass is 319 g/mol. The fourth-order valence-electron chi connectivity index (χ4n) is 2.16. The van der Waals surface area contributed by atoms with Crippen LogP contribution in [0, 0.1) is 10.1 Å². The van der Waals surface area contributed by atoms with Crippen LogP contribution in [0.2, 0.25) is 0 Å². The van der Waals surface area contributed by atoms with Crippen LogP contribution in [0.5, 0.6) is 17.2 Å². The highest BCUT2D eigenvalue weighted by molar-refractivity contribution is 5.74. The fraction of sp³-hybridized carbons (Fsp3) is 0.267. The third-order valence-corrected chi connectivity index (χ3v) is 3.33. The molecule has 0 aliphatic carbocycles. The molecule has 0 spiro atoms. The first-order valence-electron chi connectivity index (χ1n) is 6.66. The van der Waals surface area contributed by atoms with Gasteiger partial charge in [-0.3, -0.25) is 0 Å². The number of ether oxygens (including phenoxy) is 3. The maximum atomic E-state index is 10.8. The molecule has 0 aliphatic heterocycles. The molecule has 0 amide bonds. The number of benzene rings is 1. The summed E-state index contributed by atoms with van der Waals surface area (Å²) in [4.78, 5) is 14.4. The minimum atomic E-state index is -0.485. The average molecular weight is 319 g/mol. The third-order valence-electron chi connectivity index (χ3n) is 3.33. The summed E-state index contributed by atoms with van der Waals surface area (Å²) < 4.78 is 17.3. The van der Waals surface area contributed by atoms with Gasteiger partial charge in [0.2, 0.25) is 11.6 Å². The van der Waals surface area contributed by atoms with E-state index < -0.39 is 4.92 Å². The van der Waals surface area contributed by atoms with Crippen LogP contribution in [0.25, 0.3) is 12.2 Å². The van der Waals surface area contributed by atoms with Crippen LogP contribution in [0.15, 0.2) is 18.3 Å². The summed E-state index contributed by atoms with van der Waals surface area (Å²) in [5.74, 6) is 1.90. The van der Waals surface area contributed by atoms with Crippen molar-refractivity contribution in [1.82, 2.24) is 9.55 Å². The fourth-order valence-corrected chi connectivity index (χ4v) is 2.16. The predicted octanol–water partition coefficient (Wildman–Crippen LogP) is 2.52. The molecule has 2 rings (SSSR count). The number of nitrogens with zero attached hydrogens (tertiary/aromatic N) is 3. The molecule has 2 aromatic rings. The molecule has 0 unspecified atom stereocenters. The van der Waals surface area contributed by atoms with Crippen LogP contribution in [0.4, 0.5) is 5.82 Å². The molecule has 23 heavy (non-hydrogen) atoms. The molecule has 1 aromatic carbocycles. The Balaban J connectivity index is 2.42. The van der Waals surface area contributed by atoms with Gasteiger partial charge in [-0.2, -0.15) is 0 Å². The van der Waals surface area contributed by atoms with Gasteiger partial charge < -0.3 is 24.3 Å². The molecule has 8 heteroatoms. The van der Waals surface area contributed by atoms with E-state index in [2.05, 4.69) is 4.98 Å². The van der Waals surface area contributed by atoms with E-state index in [1.54, 1.807) is 38.4 Å². The summed E-state index contributed by atoms with van der Waals surface area (Å²) in [6.45, 7) is 0. The molecule has 0 fully saturated rings. The van der Waals surface area contributed by atoms with Crippen LogP contribution in [0.1, 0.15) is 11.4 Å². The Kier molecular flexibility index (Phi) is 4.85. The Bertz CT molecular complexity index is 752. The van der Waals surface area contributed by atoms with Crippen LogP contribution in [-0.2, 0) is 7.05 Å². The third kappa shape index (κ3) is 3.10. The molecule has 1 heterocycles. The standard InChI is InChI=1S/C15H17N3O5/c1-17-12(16-9-13(17)18(19)20)8-6-10-5-7-11(21-2)15(23-4)14(10)22-3/h5-9H,1-4H3/b8-6+. The Morgan fingerprint density at radius 2 is 1.83 bits per heavy atom. The van der Waals surface area contributed by atoms with E-state index in [4.69, 9.17) is 14.2 Å². The van der Waals surface area contributed by atoms with Gasteiger partial charge in [-0.05, 0) is 23.1 Å². The SMILES string of the molecule is COc1ccc(/C=C/c2ncc([N+](=O)[O-])n2C)c(OC)c1OC. The van der Waals surface area contributed by atoms with Crippen molar-refractivity contribution in [1.29, 1.82) is 0 Å². The molecular weight excluding hydrogens is 302 g/mol. The van der Waals surface area contributed by atoms with Crippen LogP contribution < -0.4 is 14.2 Å². The van der Waals surface area contributed by atoms with Gasteiger partial charge in [0.15, 0.2) is 11.5 Å². The lowest BCUT2D eigenvalue weighted by Gasteiger charge is -2.13. The smallest absolute Gasteiger partial charge is 0.342 e. The lowest BCUT2D eigenvalue weighted by molar-refractivity contribution is -0.391. The van der Waals surface area contributed by atoms with E-state index >= 15 is 0 Å². The van der Waals surface area contributed by atoms with Gasteiger partial charge in [-0.25, -0.2) is 9.55 Å². The average Bonchev–Trinajstić information content (AvgIpc) is 2.92. The molecule has 0 saturated heterocycles. The number of rotatable bonds is 6. The zero-order chi connectivity index (χ0) is 17.0. The number of methoxy groups -OCH3 is 3. The lowest BCUT2D eigenvalue weighted by Crippen LogP contribution is -1.99. The van der Waals surface area contributed by atoms with E-state index in [9.17, 15) is 10.1 Å². The molecule has 1 aromatic heterocycles. The normalized spacial score (nSPS) is 10.8. The maximum Gasteiger partial charge on any atom is 0.342 e. The Morgan fingerprint density at radius 1 is 1.13 bits per heavy atom. The van der Waals surface area contributed by atoms with E-state index in [0.29, 0.717) is 23.1 Å². The topological polar surface area (TPSA) is 88.7 Å². The van der Waals surface area contributed by atoms with Gasteiger partial charge in [0.25, 0.3) is 0 Å². The zero-order valence-electron chi connectivity index (χ0n) is 13.3. The van der Waals surface area contributed by atoms with Crippen molar-refractivity contribution in [2.45, 2.75) is 0 Å². The zero-order valence-corrected chi connectivity index (χ0v) is 13.3. The van der Waals surface area contributed by atoms with Crippen molar-refractivity contribution in [3.63, 3.8) is 0 Å². The molecular formula is C15H17N3O5. The van der Waals surface area contributed by atoms with Crippen molar-refractivity contribution < 1.29 is 19.1 Å². The molecule has 0 bridgehead atoms. The number of aromatic nitrogens is 2. The van der Waals surface area contributed by atoms with E-state index in [1.807, 2.05) is 0 Å². The molecule has 8 nitrogen and oxygen atoms in total. The highest BCUT2D eigenvalue weighted by atomic mass is 16.6. The largest absolute Gasteiger partial charge is 0.493 e. The summed E-state index contributed by atoms with van der Waals surface area (Å²) in [6, 6.07) is 3.55. The van der Waals surface area contributed by atoms with Crippen molar-refractivity contribution in [3.8, 4) is 17.2 Å². The van der Waals surface area contributed by atoms with Crippen molar-refractivity contribution in [2.75, 3.05) is 21.3 Å². The number of imidazole rings is 1. The number of nitro groups is 1. The summed E-state index contributed by atoms with van der Waals surface area (Å²) >= 11 is 0. The first kappa shape index (κ1) is 16.3. The Labute approximate surface area is 133 Å². The van der Waals surface area contributed by atoms with Crippen molar-refractivity contribution >= 4 is 18.0 Å². The van der Waals surface area contributed by atoms with Crippen LogP contribution in [0.3, 0.4) is 0 Å². The molecule has 0 radical (unpaired) electrons. The minimum Gasteiger partial charge on any atom is -0.493 e. The van der Waals surface area contributed by atoms with Crippen molar-refractivity contribution in [3.05, 3.63) is 39.8 Å². The van der Waals surface area contributed by atoms with Gasteiger partial charge >= 0.3 is 5.82 Å². The predicted molar refractivity (Wildman–Crippen MR) is 84.9 cm³/mol. The van der Waals surface area contributed by atoms with Gasteiger partial charge in [0, 0.05) is 11.6 Å². The van der Waals surface area contributed by atoms with E-state index in [1.165, 1.54) is 25.0 Å². The molecule has 0 aliphatic rings. The molecule has 122 valence electrons. The number of hydrogen-bond acceptors (Lipinski definition) is 6. The summed E-state index contributed by atoms with van der Waals surface area (Å²) in [5.41, 5.74) is 0.732. The lowest BCUT2D eigenvalue weighted by atomic mass is 10.1. The van der Waals surface area contributed by atoms with E-state index in [-0.39, 0.29) is 5.82 Å². The first-order valence-corrected chi connectivity index (χ1v) is 6.66. The van der Waals surface area contributed by atoms with Gasteiger partial charge in [-0.15, -0.1) is 0 Å². The maximum absolute atomic E-state index is 10.8. The quantitative estimate of drug-likeness (QED) is 0.600. The second-order valence-electron chi connectivity index (χ2n) is 4.55. The second-order valence-corrected chi connectivity index (χ2v) is 4.55. The van der Waals surface area contributed by atoms with Crippen molar-refractivity contribution in [2.24, 2.45) is 7.05 Å². The van der Waals surface area contributed by atoms with E-state index in [0.717, 1.165) is 5.56 Å². The first-order chi connectivity index (χ1) is 11.0. The van der Waals surface area contributed by atoms with Crippen LogP contribution in [-0.4, -0.2) is 35.8 Å². The summed E-state index contributed by atoms with van der Waals surface area (Å²) in [5, 5.41) is 10.8. The second kappa shape index (κ2) is 6.82. The van der Waals surface area contributed by atoms with Crippen LogP contribution >= 0.6 is 0 Å². The Morgan fingerprint density at radius 3 is 2.35 bits per heavy atom. The van der Waals surface area contributed by atoms with Gasteiger partial charge in [0.1, 0.15) is 6.20 Å². The molecule has 0 N–H and O–H groups in total. The molecule has 0 atom stereocenters. The van der Waals surface area contributed by atoms with Gasteiger partial charge in [-0.1, -0.05) is 0 Å².